The van der Waals surface area contributed by atoms with Crippen molar-refractivity contribution in [2.75, 3.05) is 38.2 Å². The van der Waals surface area contributed by atoms with E-state index in [0.29, 0.717) is 26.9 Å². The quantitative estimate of drug-likeness (QED) is 0.704. The number of hydrogen-bond donors (Lipinski definition) is 1. The molecule has 1 heterocycles. The van der Waals surface area contributed by atoms with E-state index in [4.69, 9.17) is 11.2 Å². The van der Waals surface area contributed by atoms with Crippen molar-refractivity contribution >= 4 is 15.7 Å². The highest BCUT2D eigenvalue weighted by molar-refractivity contribution is 7.90. The molecule has 31 heavy (non-hydrogen) atoms. The van der Waals surface area contributed by atoms with Crippen LogP contribution >= 0.6 is 0 Å². The molecule has 6 nitrogen and oxygen atoms in total. The van der Waals surface area contributed by atoms with Crippen LogP contribution in [-0.4, -0.2) is 56.6 Å². The van der Waals surface area contributed by atoms with E-state index >= 15 is 0 Å². The predicted molar refractivity (Wildman–Crippen MR) is 110 cm³/mol. The first-order chi connectivity index (χ1) is 14.5. The topological polar surface area (TPSA) is 70.1 Å². The summed E-state index contributed by atoms with van der Waals surface area (Å²) in [6, 6.07) is 13.3. The lowest BCUT2D eigenvalue weighted by atomic mass is 9.87. The van der Waals surface area contributed by atoms with Gasteiger partial charge in [-0.3, -0.25) is 0 Å². The summed E-state index contributed by atoms with van der Waals surface area (Å²) < 4.78 is 66.8. The van der Waals surface area contributed by atoms with Gasteiger partial charge >= 0.3 is 15.5 Å². The number of rotatable bonds is 5. The van der Waals surface area contributed by atoms with Crippen LogP contribution in [0.25, 0.3) is 0 Å². The van der Waals surface area contributed by atoms with Gasteiger partial charge in [0.1, 0.15) is 5.75 Å². The lowest BCUT2D eigenvalue weighted by Gasteiger charge is -2.35. The lowest BCUT2D eigenvalue weighted by Crippen LogP contribution is -2.52. The molecule has 0 radical (unpaired) electrons. The van der Waals surface area contributed by atoms with Gasteiger partial charge in [-0.25, -0.2) is 8.42 Å². The maximum absolute atomic E-state index is 12.7. The first-order valence-corrected chi connectivity index (χ1v) is 10.7. The number of alkyl halides is 3. The average Bonchev–Trinajstić information content (AvgIpc) is 2.78. The third-order valence-electron chi connectivity index (χ3n) is 5.24. The fourth-order valence-electron chi connectivity index (χ4n) is 3.41. The third kappa shape index (κ3) is 4.35. The summed E-state index contributed by atoms with van der Waals surface area (Å²) in [7, 11) is -3.80. The van der Waals surface area contributed by atoms with Gasteiger partial charge in [0.2, 0.25) is 0 Å². The summed E-state index contributed by atoms with van der Waals surface area (Å²) >= 11 is 0. The molecule has 1 aliphatic rings. The number of benzene rings is 2. The van der Waals surface area contributed by atoms with Crippen LogP contribution in [0.1, 0.15) is 11.1 Å². The van der Waals surface area contributed by atoms with Gasteiger partial charge in [-0.2, -0.15) is 17.5 Å². The molecule has 1 aliphatic heterocycles. The van der Waals surface area contributed by atoms with E-state index in [0.717, 1.165) is 0 Å². The second-order valence-electron chi connectivity index (χ2n) is 6.97. The van der Waals surface area contributed by atoms with Crippen molar-refractivity contribution in [1.82, 2.24) is 4.31 Å². The Balaban J connectivity index is 1.75. The van der Waals surface area contributed by atoms with Crippen molar-refractivity contribution in [2.45, 2.75) is 11.1 Å². The van der Waals surface area contributed by atoms with Crippen LogP contribution in [0.3, 0.4) is 0 Å². The standard InChI is InChI=1S/C21H21F3N2O4S/c1-3-20(27,17-6-10-19(30-2)11-7-17)16-4-8-18(9-5-16)25-12-14-26(15-13-25)31(28,29)21(22,23)24/h1,4-11,27H,12-15H2,2H3. The van der Waals surface area contributed by atoms with Crippen molar-refractivity contribution in [3.8, 4) is 18.1 Å². The Bertz CT molecular complexity index is 1060. The minimum atomic E-state index is -5.33. The Morgan fingerprint density at radius 1 is 0.968 bits per heavy atom. The molecule has 2 aromatic carbocycles. The van der Waals surface area contributed by atoms with Crippen molar-refractivity contribution < 1.29 is 31.4 Å². The number of anilines is 1. The molecule has 1 fully saturated rings. The van der Waals surface area contributed by atoms with E-state index in [1.807, 2.05) is 0 Å². The molecule has 0 saturated carbocycles. The summed E-state index contributed by atoms with van der Waals surface area (Å²) in [6.45, 7) is -0.341. The van der Waals surface area contributed by atoms with E-state index in [9.17, 15) is 26.7 Å². The second kappa shape index (κ2) is 8.42. The van der Waals surface area contributed by atoms with Crippen LogP contribution in [0.15, 0.2) is 48.5 Å². The number of nitrogens with zero attached hydrogens (tertiary/aromatic N) is 2. The Kier molecular flexibility index (Phi) is 6.23. The summed E-state index contributed by atoms with van der Waals surface area (Å²) in [5.41, 5.74) is -5.37. The van der Waals surface area contributed by atoms with Crippen LogP contribution in [0.4, 0.5) is 18.9 Å². The van der Waals surface area contributed by atoms with Crippen LogP contribution in [0.2, 0.25) is 0 Å². The number of piperazine rings is 1. The van der Waals surface area contributed by atoms with Gasteiger partial charge in [-0.05, 0) is 24.3 Å². The summed E-state index contributed by atoms with van der Waals surface area (Å²) in [5.74, 6) is 3.02. The molecule has 1 N–H and O–H groups in total. The lowest BCUT2D eigenvalue weighted by molar-refractivity contribution is -0.0490. The average molecular weight is 454 g/mol. The summed E-state index contributed by atoms with van der Waals surface area (Å²) in [5, 5.41) is 11.1. The SMILES string of the molecule is C#CC(O)(c1ccc(OC)cc1)c1ccc(N2CCN(S(=O)(=O)C(F)(F)F)CC2)cc1. The van der Waals surface area contributed by atoms with Crippen LogP contribution in [0, 0.1) is 12.3 Å². The highest BCUT2D eigenvalue weighted by Gasteiger charge is 2.50. The van der Waals surface area contributed by atoms with Gasteiger partial charge < -0.3 is 14.7 Å². The highest BCUT2D eigenvalue weighted by Crippen LogP contribution is 2.32. The fourth-order valence-corrected chi connectivity index (χ4v) is 4.35. The van der Waals surface area contributed by atoms with Crippen molar-refractivity contribution in [1.29, 1.82) is 0 Å². The summed E-state index contributed by atoms with van der Waals surface area (Å²) in [6.07, 6.45) is 5.62. The van der Waals surface area contributed by atoms with E-state index in [2.05, 4.69) is 5.92 Å². The number of methoxy groups -OCH3 is 1. The molecular formula is C21H21F3N2O4S. The molecule has 0 aromatic heterocycles. The Morgan fingerprint density at radius 2 is 1.45 bits per heavy atom. The van der Waals surface area contributed by atoms with Crippen molar-refractivity contribution in [3.05, 3.63) is 59.7 Å². The van der Waals surface area contributed by atoms with Crippen LogP contribution in [-0.2, 0) is 15.6 Å². The van der Waals surface area contributed by atoms with E-state index in [-0.39, 0.29) is 26.2 Å². The molecule has 3 rings (SSSR count). The Labute approximate surface area is 178 Å². The highest BCUT2D eigenvalue weighted by atomic mass is 32.2. The molecule has 1 saturated heterocycles. The maximum atomic E-state index is 12.7. The van der Waals surface area contributed by atoms with E-state index < -0.39 is 21.1 Å². The van der Waals surface area contributed by atoms with E-state index in [1.165, 1.54) is 7.11 Å². The number of hydrogen-bond acceptors (Lipinski definition) is 5. The minimum Gasteiger partial charge on any atom is -0.497 e. The zero-order valence-electron chi connectivity index (χ0n) is 16.6. The van der Waals surface area contributed by atoms with Crippen molar-refractivity contribution in [2.24, 2.45) is 0 Å². The van der Waals surface area contributed by atoms with Gasteiger partial charge in [0, 0.05) is 43.0 Å². The van der Waals surface area contributed by atoms with Gasteiger partial charge in [0.05, 0.1) is 7.11 Å². The van der Waals surface area contributed by atoms with Crippen LogP contribution in [0.5, 0.6) is 5.75 Å². The predicted octanol–water partition coefficient (Wildman–Crippen LogP) is 2.54. The van der Waals surface area contributed by atoms with Crippen LogP contribution < -0.4 is 9.64 Å². The number of halogens is 3. The molecule has 10 heteroatoms. The minimum absolute atomic E-state index is 0.104. The monoisotopic (exact) mass is 454 g/mol. The molecule has 0 aliphatic carbocycles. The molecule has 1 unspecified atom stereocenters. The largest absolute Gasteiger partial charge is 0.511 e. The Hall–Kier alpha value is -2.74. The first-order valence-electron chi connectivity index (χ1n) is 9.29. The maximum Gasteiger partial charge on any atom is 0.511 e. The Morgan fingerprint density at radius 3 is 1.87 bits per heavy atom. The number of terminal acetylenes is 1. The first kappa shape index (κ1) is 22.9. The zero-order valence-corrected chi connectivity index (χ0v) is 17.4. The molecule has 2 aromatic rings. The van der Waals surface area contributed by atoms with Gasteiger partial charge in [-0.1, -0.05) is 30.2 Å². The second-order valence-corrected chi connectivity index (χ2v) is 8.90. The van der Waals surface area contributed by atoms with Gasteiger partial charge in [-0.15, -0.1) is 6.42 Å². The zero-order chi connectivity index (χ0) is 22.9. The third-order valence-corrected chi connectivity index (χ3v) is 6.87. The fraction of sp³-hybridized carbons (Fsp3) is 0.333. The number of aliphatic hydroxyl groups is 1. The van der Waals surface area contributed by atoms with Gasteiger partial charge in [0.15, 0.2) is 5.60 Å². The molecule has 1 atom stereocenters. The van der Waals surface area contributed by atoms with Crippen molar-refractivity contribution in [3.63, 3.8) is 0 Å². The molecule has 0 bridgehead atoms. The molecule has 166 valence electrons. The normalized spacial score (nSPS) is 17.6. The summed E-state index contributed by atoms with van der Waals surface area (Å²) in [4.78, 5) is 1.77. The van der Waals surface area contributed by atoms with Gasteiger partial charge in [0.25, 0.3) is 0 Å². The smallest absolute Gasteiger partial charge is 0.497 e. The molecule has 0 amide bonds. The molecule has 0 spiro atoms. The molecular weight excluding hydrogens is 433 g/mol. The number of sulfonamides is 1. The van der Waals surface area contributed by atoms with E-state index in [1.54, 1.807) is 53.4 Å². The number of ether oxygens (including phenoxy) is 1.